The first kappa shape index (κ1) is 11.0. The zero-order chi connectivity index (χ0) is 11.9. The van der Waals surface area contributed by atoms with Crippen molar-refractivity contribution in [1.82, 2.24) is 0 Å². The van der Waals surface area contributed by atoms with Gasteiger partial charge >= 0.3 is 12.1 Å². The maximum absolute atomic E-state index is 12.4. The molecule has 0 aliphatic heterocycles. The van der Waals surface area contributed by atoms with E-state index in [0.29, 0.717) is 12.0 Å². The maximum atomic E-state index is 12.4. The van der Waals surface area contributed by atoms with Crippen LogP contribution in [0.4, 0.5) is 13.2 Å². The third-order valence-corrected chi connectivity index (χ3v) is 2.75. The second-order valence-electron chi connectivity index (χ2n) is 3.91. The summed E-state index contributed by atoms with van der Waals surface area (Å²) >= 11 is 0. The number of carbonyl (C=O) groups is 1. The number of hydrogen-bond acceptors (Lipinski definition) is 1. The Morgan fingerprint density at radius 2 is 2.06 bits per heavy atom. The summed E-state index contributed by atoms with van der Waals surface area (Å²) < 4.78 is 37.2. The highest BCUT2D eigenvalue weighted by Crippen LogP contribution is 2.48. The van der Waals surface area contributed by atoms with Crippen molar-refractivity contribution >= 4 is 5.97 Å². The van der Waals surface area contributed by atoms with Gasteiger partial charge in [-0.25, -0.2) is 0 Å². The van der Waals surface area contributed by atoms with Gasteiger partial charge < -0.3 is 5.11 Å². The van der Waals surface area contributed by atoms with Crippen LogP contribution in [0, 0.1) is 5.92 Å². The number of rotatable bonds is 2. The van der Waals surface area contributed by atoms with Crippen molar-refractivity contribution in [2.75, 3.05) is 0 Å². The highest BCUT2D eigenvalue weighted by molar-refractivity contribution is 5.75. The van der Waals surface area contributed by atoms with Crippen molar-refractivity contribution in [1.29, 1.82) is 0 Å². The number of benzene rings is 1. The Hall–Kier alpha value is -1.52. The minimum Gasteiger partial charge on any atom is -0.481 e. The first-order chi connectivity index (χ1) is 7.39. The van der Waals surface area contributed by atoms with E-state index in [1.54, 1.807) is 6.07 Å². The summed E-state index contributed by atoms with van der Waals surface area (Å²) in [5.74, 6) is -1.73. The molecule has 2 atom stereocenters. The zero-order valence-electron chi connectivity index (χ0n) is 8.16. The lowest BCUT2D eigenvalue weighted by atomic mass is 10.1. The Balaban J connectivity index is 2.22. The molecule has 1 saturated carbocycles. The van der Waals surface area contributed by atoms with Crippen molar-refractivity contribution in [3.05, 3.63) is 35.4 Å². The van der Waals surface area contributed by atoms with E-state index in [-0.39, 0.29) is 5.92 Å². The van der Waals surface area contributed by atoms with Crippen LogP contribution in [-0.4, -0.2) is 11.1 Å². The largest absolute Gasteiger partial charge is 0.481 e. The lowest BCUT2D eigenvalue weighted by molar-refractivity contribution is -0.138. The van der Waals surface area contributed by atoms with Gasteiger partial charge in [-0.2, -0.15) is 13.2 Å². The van der Waals surface area contributed by atoms with Crippen molar-refractivity contribution < 1.29 is 23.1 Å². The number of halogens is 3. The van der Waals surface area contributed by atoms with E-state index in [1.165, 1.54) is 6.07 Å². The molecule has 1 aromatic carbocycles. The molecule has 1 N–H and O–H groups in total. The van der Waals surface area contributed by atoms with Gasteiger partial charge in [0.25, 0.3) is 0 Å². The third kappa shape index (κ3) is 2.03. The highest BCUT2D eigenvalue weighted by Gasteiger charge is 2.44. The molecule has 86 valence electrons. The van der Waals surface area contributed by atoms with Crippen LogP contribution in [-0.2, 0) is 11.0 Å². The first-order valence-corrected chi connectivity index (χ1v) is 4.79. The van der Waals surface area contributed by atoms with Gasteiger partial charge in [0.15, 0.2) is 0 Å². The minimum absolute atomic E-state index is 0.264. The lowest BCUT2D eigenvalue weighted by Crippen LogP contribution is -2.05. The second kappa shape index (κ2) is 3.50. The Morgan fingerprint density at radius 3 is 2.56 bits per heavy atom. The first-order valence-electron chi connectivity index (χ1n) is 4.79. The summed E-state index contributed by atoms with van der Waals surface area (Å²) in [7, 11) is 0. The summed E-state index contributed by atoms with van der Waals surface area (Å²) in [5, 5.41) is 8.69. The molecule has 0 saturated heterocycles. The van der Waals surface area contributed by atoms with Crippen molar-refractivity contribution in [2.45, 2.75) is 18.5 Å². The predicted octanol–water partition coefficient (Wildman–Crippen LogP) is 2.89. The third-order valence-electron chi connectivity index (χ3n) is 2.75. The summed E-state index contributed by atoms with van der Waals surface area (Å²) in [6.45, 7) is 0. The number of carboxylic acid groups (broad SMARTS) is 1. The molecule has 0 aromatic heterocycles. The topological polar surface area (TPSA) is 37.3 Å². The van der Waals surface area contributed by atoms with Gasteiger partial charge in [-0.15, -0.1) is 0 Å². The Kier molecular flexibility index (Phi) is 2.40. The van der Waals surface area contributed by atoms with Gasteiger partial charge in [-0.1, -0.05) is 18.2 Å². The van der Waals surface area contributed by atoms with Crippen LogP contribution in [0.5, 0.6) is 0 Å². The molecule has 1 aliphatic rings. The molecule has 1 aliphatic carbocycles. The molecule has 1 fully saturated rings. The van der Waals surface area contributed by atoms with E-state index in [2.05, 4.69) is 0 Å². The standard InChI is InChI=1S/C11H9F3O2/c12-11(13,14)7-3-1-2-6(4-7)8-5-9(8)10(15)16/h1-4,8-9H,5H2,(H,15,16)/t8-,9-/m1/s1. The van der Waals surface area contributed by atoms with E-state index in [4.69, 9.17) is 5.11 Å². The molecule has 2 rings (SSSR count). The van der Waals surface area contributed by atoms with Crippen LogP contribution in [0.15, 0.2) is 24.3 Å². The van der Waals surface area contributed by atoms with E-state index >= 15 is 0 Å². The van der Waals surface area contributed by atoms with Gasteiger partial charge in [-0.05, 0) is 24.0 Å². The molecule has 16 heavy (non-hydrogen) atoms. The monoisotopic (exact) mass is 230 g/mol. The quantitative estimate of drug-likeness (QED) is 0.848. The van der Waals surface area contributed by atoms with E-state index < -0.39 is 23.6 Å². The Labute approximate surface area is 89.7 Å². The maximum Gasteiger partial charge on any atom is 0.416 e. The number of aliphatic carboxylic acids is 1. The van der Waals surface area contributed by atoms with Gasteiger partial charge in [0, 0.05) is 0 Å². The van der Waals surface area contributed by atoms with Crippen LogP contribution in [0.2, 0.25) is 0 Å². The molecular weight excluding hydrogens is 221 g/mol. The molecule has 0 unspecified atom stereocenters. The van der Waals surface area contributed by atoms with Crippen molar-refractivity contribution in [3.63, 3.8) is 0 Å². The number of carboxylic acids is 1. The minimum atomic E-state index is -4.37. The molecule has 0 radical (unpaired) electrons. The highest BCUT2D eigenvalue weighted by atomic mass is 19.4. The van der Waals surface area contributed by atoms with Gasteiger partial charge in [-0.3, -0.25) is 4.79 Å². The molecule has 0 amide bonds. The summed E-state index contributed by atoms with van der Waals surface area (Å²) in [5.41, 5.74) is -0.261. The summed E-state index contributed by atoms with van der Waals surface area (Å²) in [6.07, 6.45) is -3.94. The van der Waals surface area contributed by atoms with Crippen LogP contribution in [0.3, 0.4) is 0 Å². The van der Waals surface area contributed by atoms with Gasteiger partial charge in [0.1, 0.15) is 0 Å². The second-order valence-corrected chi connectivity index (χ2v) is 3.91. The molecule has 0 bridgehead atoms. The molecule has 2 nitrogen and oxygen atoms in total. The van der Waals surface area contributed by atoms with Crippen LogP contribution >= 0.6 is 0 Å². The van der Waals surface area contributed by atoms with E-state index in [9.17, 15) is 18.0 Å². The smallest absolute Gasteiger partial charge is 0.416 e. The Morgan fingerprint density at radius 1 is 1.38 bits per heavy atom. The summed E-state index contributed by atoms with van der Waals surface area (Å²) in [4.78, 5) is 10.6. The van der Waals surface area contributed by atoms with Crippen LogP contribution in [0.25, 0.3) is 0 Å². The Bertz CT molecular complexity index is 425. The van der Waals surface area contributed by atoms with Gasteiger partial charge in [0.2, 0.25) is 0 Å². The van der Waals surface area contributed by atoms with Crippen molar-refractivity contribution in [2.24, 2.45) is 5.92 Å². The van der Waals surface area contributed by atoms with E-state index in [0.717, 1.165) is 12.1 Å². The fourth-order valence-electron chi connectivity index (χ4n) is 1.78. The van der Waals surface area contributed by atoms with E-state index in [1.807, 2.05) is 0 Å². The number of hydrogen-bond donors (Lipinski definition) is 1. The SMILES string of the molecule is O=C(O)[C@@H]1C[C@@H]1c1cccc(C(F)(F)F)c1. The van der Waals surface area contributed by atoms with Crippen molar-refractivity contribution in [3.8, 4) is 0 Å². The fourth-order valence-corrected chi connectivity index (χ4v) is 1.78. The molecule has 0 spiro atoms. The normalized spacial score (nSPS) is 24.2. The molecule has 5 heteroatoms. The fraction of sp³-hybridized carbons (Fsp3) is 0.364. The molecular formula is C11H9F3O2. The number of alkyl halides is 3. The average molecular weight is 230 g/mol. The van der Waals surface area contributed by atoms with Crippen LogP contribution < -0.4 is 0 Å². The van der Waals surface area contributed by atoms with Gasteiger partial charge in [0.05, 0.1) is 11.5 Å². The lowest BCUT2D eigenvalue weighted by Gasteiger charge is -2.08. The van der Waals surface area contributed by atoms with Crippen LogP contribution in [0.1, 0.15) is 23.5 Å². The average Bonchev–Trinajstić information content (AvgIpc) is 2.96. The summed E-state index contributed by atoms with van der Waals surface area (Å²) in [6, 6.07) is 4.88. The molecule has 1 aromatic rings. The predicted molar refractivity (Wildman–Crippen MR) is 49.9 cm³/mol. The zero-order valence-corrected chi connectivity index (χ0v) is 8.16. The molecule has 0 heterocycles.